The molecule has 0 aromatic heterocycles. The van der Waals surface area contributed by atoms with Crippen LogP contribution >= 0.6 is 0 Å². The lowest BCUT2D eigenvalue weighted by atomic mass is 9.97. The quantitative estimate of drug-likeness (QED) is 0.682. The van der Waals surface area contributed by atoms with Gasteiger partial charge in [-0.25, -0.2) is 0 Å². The minimum atomic E-state index is -0.285. The highest BCUT2D eigenvalue weighted by Crippen LogP contribution is 2.41. The lowest BCUT2D eigenvalue weighted by Gasteiger charge is -2.35. The van der Waals surface area contributed by atoms with Gasteiger partial charge in [-0.15, -0.1) is 0 Å². The zero-order chi connectivity index (χ0) is 17.3. The Morgan fingerprint density at radius 2 is 1.96 bits per heavy atom. The SMILES string of the molecule is CC(C)OC(=N)CC1C(=O)N(C2CCN(C)CC2)c2ccccc21. The predicted octanol–water partition coefficient (Wildman–Crippen LogP) is 3.00. The summed E-state index contributed by atoms with van der Waals surface area (Å²) in [5.41, 5.74) is 2.07. The van der Waals surface area contributed by atoms with Gasteiger partial charge in [0.1, 0.15) is 0 Å². The van der Waals surface area contributed by atoms with E-state index in [1.807, 2.05) is 43.0 Å². The number of benzene rings is 1. The molecule has 1 fully saturated rings. The molecule has 1 aromatic rings. The van der Waals surface area contributed by atoms with Gasteiger partial charge in [-0.2, -0.15) is 0 Å². The average molecular weight is 329 g/mol. The third-order valence-corrected chi connectivity index (χ3v) is 4.93. The highest BCUT2D eigenvalue weighted by molar-refractivity contribution is 6.07. The highest BCUT2D eigenvalue weighted by Gasteiger charge is 2.41. The number of para-hydroxylation sites is 1. The van der Waals surface area contributed by atoms with E-state index < -0.39 is 0 Å². The van der Waals surface area contributed by atoms with Gasteiger partial charge >= 0.3 is 0 Å². The van der Waals surface area contributed by atoms with E-state index >= 15 is 0 Å². The molecule has 1 aromatic carbocycles. The van der Waals surface area contributed by atoms with Crippen LogP contribution in [0.25, 0.3) is 0 Å². The number of hydrogen-bond acceptors (Lipinski definition) is 4. The Kier molecular flexibility index (Phi) is 4.90. The van der Waals surface area contributed by atoms with Gasteiger partial charge in [0.2, 0.25) is 5.91 Å². The van der Waals surface area contributed by atoms with Crippen molar-refractivity contribution in [3.63, 3.8) is 0 Å². The molecule has 0 spiro atoms. The summed E-state index contributed by atoms with van der Waals surface area (Å²) in [6.07, 6.45) is 2.32. The van der Waals surface area contributed by atoms with Crippen LogP contribution in [0.4, 0.5) is 5.69 Å². The second kappa shape index (κ2) is 6.93. The molecule has 5 heteroatoms. The van der Waals surface area contributed by atoms with E-state index in [0.717, 1.165) is 37.2 Å². The number of nitrogens with zero attached hydrogens (tertiary/aromatic N) is 2. The van der Waals surface area contributed by atoms with Gasteiger partial charge in [0, 0.05) is 18.2 Å². The van der Waals surface area contributed by atoms with Gasteiger partial charge in [-0.05, 0) is 58.5 Å². The highest BCUT2D eigenvalue weighted by atomic mass is 16.5. The summed E-state index contributed by atoms with van der Waals surface area (Å²) < 4.78 is 5.48. The van der Waals surface area contributed by atoms with Crippen molar-refractivity contribution >= 4 is 17.5 Å². The van der Waals surface area contributed by atoms with Crippen LogP contribution in [-0.4, -0.2) is 49.0 Å². The van der Waals surface area contributed by atoms with Crippen LogP contribution in [0.1, 0.15) is 44.6 Å². The zero-order valence-corrected chi connectivity index (χ0v) is 14.8. The summed E-state index contributed by atoms with van der Waals surface area (Å²) in [6, 6.07) is 8.30. The zero-order valence-electron chi connectivity index (χ0n) is 14.8. The maximum atomic E-state index is 13.1. The molecule has 1 N–H and O–H groups in total. The molecule has 1 amide bonds. The number of hydrogen-bond donors (Lipinski definition) is 1. The first-order chi connectivity index (χ1) is 11.5. The number of nitrogens with one attached hydrogen (secondary N) is 1. The first-order valence-electron chi connectivity index (χ1n) is 8.82. The number of rotatable bonds is 4. The molecule has 1 unspecified atom stereocenters. The smallest absolute Gasteiger partial charge is 0.235 e. The van der Waals surface area contributed by atoms with E-state index in [9.17, 15) is 4.79 Å². The molecule has 24 heavy (non-hydrogen) atoms. The lowest BCUT2D eigenvalue weighted by Crippen LogP contribution is -2.45. The summed E-state index contributed by atoms with van der Waals surface area (Å²) in [6.45, 7) is 5.86. The second-order valence-electron chi connectivity index (χ2n) is 7.15. The van der Waals surface area contributed by atoms with Crippen LogP contribution in [-0.2, 0) is 9.53 Å². The fraction of sp³-hybridized carbons (Fsp3) is 0.579. The van der Waals surface area contributed by atoms with Gasteiger partial charge in [-0.1, -0.05) is 18.2 Å². The molecule has 5 nitrogen and oxygen atoms in total. The van der Waals surface area contributed by atoms with Crippen molar-refractivity contribution in [2.75, 3.05) is 25.0 Å². The number of carbonyl (C=O) groups excluding carboxylic acids is 1. The molecule has 1 atom stereocenters. The van der Waals surface area contributed by atoms with E-state index in [2.05, 4.69) is 11.9 Å². The summed E-state index contributed by atoms with van der Waals surface area (Å²) in [4.78, 5) is 17.4. The Bertz CT molecular complexity index is 621. The predicted molar refractivity (Wildman–Crippen MR) is 95.8 cm³/mol. The number of likely N-dealkylation sites (tertiary alicyclic amines) is 1. The van der Waals surface area contributed by atoms with Gasteiger partial charge < -0.3 is 14.5 Å². The van der Waals surface area contributed by atoms with Crippen molar-refractivity contribution in [2.24, 2.45) is 0 Å². The normalized spacial score (nSPS) is 22.1. The van der Waals surface area contributed by atoms with E-state index in [1.165, 1.54) is 0 Å². The summed E-state index contributed by atoms with van der Waals surface area (Å²) in [5.74, 6) is 0.0401. The molecule has 2 aliphatic heterocycles. The molecular formula is C19H27N3O2. The Labute approximate surface area is 144 Å². The minimum absolute atomic E-state index is 0.0331. The average Bonchev–Trinajstić information content (AvgIpc) is 2.80. The Balaban J connectivity index is 1.82. The number of carbonyl (C=O) groups is 1. The monoisotopic (exact) mass is 329 g/mol. The number of piperidine rings is 1. The molecule has 0 bridgehead atoms. The van der Waals surface area contributed by atoms with Crippen LogP contribution in [0, 0.1) is 5.41 Å². The maximum Gasteiger partial charge on any atom is 0.235 e. The van der Waals surface area contributed by atoms with Crippen molar-refractivity contribution < 1.29 is 9.53 Å². The van der Waals surface area contributed by atoms with Crippen molar-refractivity contribution in [1.29, 1.82) is 5.41 Å². The topological polar surface area (TPSA) is 56.6 Å². The maximum absolute atomic E-state index is 13.1. The molecule has 2 aliphatic rings. The van der Waals surface area contributed by atoms with Crippen LogP contribution in [0.2, 0.25) is 0 Å². The standard InChI is InChI=1S/C19H27N3O2/c1-13(2)24-18(20)12-16-15-6-4-5-7-17(15)22(19(16)23)14-8-10-21(3)11-9-14/h4-7,13-14,16,20H,8-12H2,1-3H3. The second-order valence-corrected chi connectivity index (χ2v) is 7.15. The fourth-order valence-corrected chi connectivity index (χ4v) is 3.77. The summed E-state index contributed by atoms with van der Waals surface area (Å²) in [5, 5.41) is 8.05. The van der Waals surface area contributed by atoms with Crippen LogP contribution < -0.4 is 4.90 Å². The Morgan fingerprint density at radius 1 is 1.29 bits per heavy atom. The largest absolute Gasteiger partial charge is 0.478 e. The molecule has 0 aliphatic carbocycles. The number of amides is 1. The van der Waals surface area contributed by atoms with Gasteiger partial charge in [0.05, 0.1) is 12.0 Å². The van der Waals surface area contributed by atoms with Gasteiger partial charge in [0.15, 0.2) is 5.90 Å². The number of anilines is 1. The molecule has 0 saturated carbocycles. The summed E-state index contributed by atoms with van der Waals surface area (Å²) in [7, 11) is 2.13. The van der Waals surface area contributed by atoms with Crippen molar-refractivity contribution in [3.8, 4) is 0 Å². The summed E-state index contributed by atoms with van der Waals surface area (Å²) >= 11 is 0. The van der Waals surface area contributed by atoms with E-state index in [1.54, 1.807) is 0 Å². The van der Waals surface area contributed by atoms with E-state index in [0.29, 0.717) is 6.42 Å². The van der Waals surface area contributed by atoms with Gasteiger partial charge in [-0.3, -0.25) is 10.2 Å². The minimum Gasteiger partial charge on any atom is -0.478 e. The third kappa shape index (κ3) is 3.31. The van der Waals surface area contributed by atoms with Crippen LogP contribution in [0.3, 0.4) is 0 Å². The number of fused-ring (bicyclic) bond motifs is 1. The molecule has 0 radical (unpaired) electrons. The van der Waals surface area contributed by atoms with Crippen LogP contribution in [0.15, 0.2) is 24.3 Å². The van der Waals surface area contributed by atoms with Gasteiger partial charge in [0.25, 0.3) is 0 Å². The lowest BCUT2D eigenvalue weighted by molar-refractivity contribution is -0.119. The van der Waals surface area contributed by atoms with Crippen molar-refractivity contribution in [3.05, 3.63) is 29.8 Å². The van der Waals surface area contributed by atoms with E-state index in [-0.39, 0.29) is 29.9 Å². The molecule has 130 valence electrons. The Morgan fingerprint density at radius 3 is 2.62 bits per heavy atom. The number of ether oxygens (including phenoxy) is 1. The third-order valence-electron chi connectivity index (χ3n) is 4.93. The van der Waals surface area contributed by atoms with Crippen molar-refractivity contribution in [1.82, 2.24) is 4.90 Å². The molecule has 2 heterocycles. The first-order valence-corrected chi connectivity index (χ1v) is 8.82. The van der Waals surface area contributed by atoms with E-state index in [4.69, 9.17) is 10.1 Å². The van der Waals surface area contributed by atoms with Crippen LogP contribution in [0.5, 0.6) is 0 Å². The first kappa shape index (κ1) is 17.0. The Hall–Kier alpha value is -1.88. The molecule has 1 saturated heterocycles. The molecular weight excluding hydrogens is 302 g/mol. The fourth-order valence-electron chi connectivity index (χ4n) is 3.77. The van der Waals surface area contributed by atoms with Crippen molar-refractivity contribution in [2.45, 2.75) is 51.2 Å². The molecule has 3 rings (SSSR count).